The molecule has 24 nitrogen and oxygen atoms in total. The number of nitrogens with two attached hydrogens (primary N) is 7. The van der Waals surface area contributed by atoms with Crippen LogP contribution in [0, 0.1) is 0 Å². The highest BCUT2D eigenvalue weighted by atomic mass is 16.8. The quantitative estimate of drug-likeness (QED) is 0.0417. The number of amides is 1. The lowest BCUT2D eigenvalue weighted by Crippen LogP contribution is -2.68. The zero-order valence-corrected chi connectivity index (χ0v) is 28.9. The molecule has 4 fully saturated rings. The van der Waals surface area contributed by atoms with Gasteiger partial charge in [0.1, 0.15) is 67.1 Å². The predicted octanol–water partition coefficient (Wildman–Crippen LogP) is -10.3. The van der Waals surface area contributed by atoms with Crippen LogP contribution in [-0.4, -0.2) is 201 Å². The summed E-state index contributed by atoms with van der Waals surface area (Å²) in [6.07, 6.45) is -21.3. The molecule has 1 saturated carbocycles. The summed E-state index contributed by atoms with van der Waals surface area (Å²) in [6.45, 7) is -1.47. The third-order valence-corrected chi connectivity index (χ3v) is 9.87. The molecule has 308 valence electrons. The van der Waals surface area contributed by atoms with Crippen molar-refractivity contribution in [3.63, 3.8) is 0 Å². The zero-order chi connectivity index (χ0) is 39.3. The summed E-state index contributed by atoms with van der Waals surface area (Å²) in [4.78, 5) is 16.4. The van der Waals surface area contributed by atoms with E-state index in [1.807, 2.05) is 0 Å². The fourth-order valence-electron chi connectivity index (χ4n) is 6.66. The number of carbonyl (C=O) groups excluding carboxylic acids is 1. The minimum Gasteiger partial charge on any atom is -0.394 e. The summed E-state index contributed by atoms with van der Waals surface area (Å²) in [7, 11) is 0. The smallest absolute Gasteiger partial charge is 0.237 e. The van der Waals surface area contributed by atoms with Crippen LogP contribution in [0.1, 0.15) is 19.3 Å². The van der Waals surface area contributed by atoms with Gasteiger partial charge >= 0.3 is 0 Å². The number of rotatable bonds is 15. The molecule has 20 atom stereocenters. The Morgan fingerprint density at radius 1 is 0.698 bits per heavy atom. The molecule has 3 aliphatic heterocycles. The standard InChI is InChI=1S/C29H57N9O15/c30-8(2-1-3-37-29(35)36)25(47)38-5-11-17(42)19(44)14(33)26(48-11)52-23-13(7-40)50-28(21(23)46)53-24-16(41)9(31)4-10(32)22(24)51-27-15(34)20(45)18(43)12(6-39)49-27/h8-24,26-28,39-46H,1-7,30-34H2,(H,38,47)(H4,35,36,37)/t8?,9-,10+,11?,12-,13-,14-,15-,16+,17-,18-,19-,20-,21-,22-,23-,24-,26-,27-,28+/m1/s1. The van der Waals surface area contributed by atoms with Crippen LogP contribution in [0.3, 0.4) is 0 Å². The molecule has 4 rings (SSSR count). The Bertz CT molecular complexity index is 1200. The average Bonchev–Trinajstić information content (AvgIpc) is 3.42. The van der Waals surface area contributed by atoms with Crippen molar-refractivity contribution in [1.29, 1.82) is 0 Å². The molecule has 24 heteroatoms. The first-order chi connectivity index (χ1) is 25.0. The molecule has 0 bridgehead atoms. The molecule has 0 aromatic heterocycles. The molecular formula is C29H57N9O15. The van der Waals surface area contributed by atoms with Gasteiger partial charge in [0.15, 0.2) is 24.8 Å². The van der Waals surface area contributed by atoms with Crippen molar-refractivity contribution in [2.24, 2.45) is 45.1 Å². The van der Waals surface area contributed by atoms with Crippen molar-refractivity contribution in [2.45, 2.75) is 142 Å². The number of aliphatic hydroxyl groups is 8. The van der Waals surface area contributed by atoms with Gasteiger partial charge < -0.3 is 115 Å². The number of nitrogens with zero attached hydrogens (tertiary/aromatic N) is 1. The van der Waals surface area contributed by atoms with E-state index in [9.17, 15) is 45.6 Å². The number of nitrogens with one attached hydrogen (secondary N) is 1. The van der Waals surface area contributed by atoms with E-state index < -0.39 is 141 Å². The normalized spacial score (nSPS) is 45.4. The maximum Gasteiger partial charge on any atom is 0.237 e. The maximum absolute atomic E-state index is 12.6. The van der Waals surface area contributed by atoms with Gasteiger partial charge in [0.2, 0.25) is 5.91 Å². The van der Waals surface area contributed by atoms with Gasteiger partial charge in [0.25, 0.3) is 0 Å². The van der Waals surface area contributed by atoms with Crippen molar-refractivity contribution in [2.75, 3.05) is 26.3 Å². The number of carbonyl (C=O) groups is 1. The van der Waals surface area contributed by atoms with E-state index >= 15 is 0 Å². The molecule has 53 heavy (non-hydrogen) atoms. The molecule has 0 spiro atoms. The highest BCUT2D eigenvalue weighted by molar-refractivity contribution is 5.81. The third kappa shape index (κ3) is 10.2. The first-order valence-electron chi connectivity index (χ1n) is 17.3. The van der Waals surface area contributed by atoms with Gasteiger partial charge in [-0.2, -0.15) is 0 Å². The molecule has 4 aliphatic rings. The fourth-order valence-corrected chi connectivity index (χ4v) is 6.66. The lowest BCUT2D eigenvalue weighted by Gasteiger charge is -2.47. The van der Waals surface area contributed by atoms with E-state index in [-0.39, 0.29) is 31.9 Å². The Labute approximate surface area is 304 Å². The van der Waals surface area contributed by atoms with Crippen molar-refractivity contribution < 1.29 is 74.1 Å². The molecule has 23 N–H and O–H groups in total. The average molecular weight is 772 g/mol. The zero-order valence-electron chi connectivity index (χ0n) is 28.9. The number of hydrogen-bond acceptors (Lipinski definition) is 21. The van der Waals surface area contributed by atoms with E-state index in [0.29, 0.717) is 6.42 Å². The van der Waals surface area contributed by atoms with Crippen molar-refractivity contribution in [3.05, 3.63) is 0 Å². The Kier molecular flexibility index (Phi) is 15.9. The Balaban J connectivity index is 1.42. The largest absolute Gasteiger partial charge is 0.394 e. The predicted molar refractivity (Wildman–Crippen MR) is 178 cm³/mol. The van der Waals surface area contributed by atoms with Crippen LogP contribution >= 0.6 is 0 Å². The number of aliphatic hydroxyl groups excluding tert-OH is 8. The van der Waals surface area contributed by atoms with Crippen LogP contribution in [0.2, 0.25) is 0 Å². The van der Waals surface area contributed by atoms with Crippen LogP contribution in [0.15, 0.2) is 4.99 Å². The molecule has 0 radical (unpaired) electrons. The van der Waals surface area contributed by atoms with Crippen molar-refractivity contribution in [1.82, 2.24) is 5.32 Å². The summed E-state index contributed by atoms with van der Waals surface area (Å²) in [5.41, 5.74) is 41.1. The monoisotopic (exact) mass is 771 g/mol. The van der Waals surface area contributed by atoms with Crippen molar-refractivity contribution in [3.8, 4) is 0 Å². The highest BCUT2D eigenvalue weighted by Crippen LogP contribution is 2.34. The van der Waals surface area contributed by atoms with Crippen LogP contribution < -0.4 is 45.5 Å². The molecule has 3 heterocycles. The molecule has 1 amide bonds. The molecule has 1 aliphatic carbocycles. The van der Waals surface area contributed by atoms with Crippen LogP contribution in [0.25, 0.3) is 0 Å². The van der Waals surface area contributed by atoms with Crippen LogP contribution in [0.5, 0.6) is 0 Å². The SMILES string of the molecule is NC(N)=NCCCC(N)C(=O)NCC1O[C@H](O[C@H]2[C@@H](O)[C@H](O[C@@H]3[C@@H](O)[C@H](N)C[C@H](N)[C@H]3O[C@H]3O[C@H](CO)[C@@H](O)[C@H](O)[C@H]3N)O[C@@H]2CO)[C@H](N)[C@@H](O)[C@@H]1O. The summed E-state index contributed by atoms with van der Waals surface area (Å²) < 4.78 is 34.9. The summed E-state index contributed by atoms with van der Waals surface area (Å²) in [6, 6.07) is -5.51. The first-order valence-corrected chi connectivity index (χ1v) is 17.3. The lowest BCUT2D eigenvalue weighted by atomic mass is 9.84. The summed E-state index contributed by atoms with van der Waals surface area (Å²) in [5, 5.41) is 86.6. The van der Waals surface area contributed by atoms with Gasteiger partial charge in [-0.25, -0.2) is 0 Å². The second-order valence-corrected chi connectivity index (χ2v) is 13.8. The lowest BCUT2D eigenvalue weighted by molar-refractivity contribution is -0.310. The highest BCUT2D eigenvalue weighted by Gasteiger charge is 2.54. The van der Waals surface area contributed by atoms with E-state index in [0.717, 1.165) is 0 Å². The fraction of sp³-hybridized carbons (Fsp3) is 0.931. The molecule has 3 saturated heterocycles. The minimum absolute atomic E-state index is 0.0272. The third-order valence-electron chi connectivity index (χ3n) is 9.87. The number of hydrogen-bond donors (Lipinski definition) is 16. The number of guanidine groups is 1. The van der Waals surface area contributed by atoms with Gasteiger partial charge in [-0.05, 0) is 19.3 Å². The number of ether oxygens (including phenoxy) is 6. The van der Waals surface area contributed by atoms with E-state index in [4.69, 9.17) is 68.6 Å². The van der Waals surface area contributed by atoms with Gasteiger partial charge in [0.05, 0.1) is 37.4 Å². The Hall–Kier alpha value is -2.02. The first kappa shape index (κ1) is 43.7. The van der Waals surface area contributed by atoms with Gasteiger partial charge in [-0.3, -0.25) is 9.79 Å². The molecule has 0 aromatic carbocycles. The maximum atomic E-state index is 12.6. The Morgan fingerprint density at radius 3 is 1.81 bits per heavy atom. The summed E-state index contributed by atoms with van der Waals surface area (Å²) >= 11 is 0. The van der Waals surface area contributed by atoms with E-state index in [1.54, 1.807) is 0 Å². The minimum atomic E-state index is -1.71. The van der Waals surface area contributed by atoms with Crippen LogP contribution in [0.4, 0.5) is 0 Å². The van der Waals surface area contributed by atoms with Gasteiger partial charge in [-0.15, -0.1) is 0 Å². The second-order valence-electron chi connectivity index (χ2n) is 13.8. The second kappa shape index (κ2) is 19.2. The van der Waals surface area contributed by atoms with Gasteiger partial charge in [-0.1, -0.05) is 0 Å². The van der Waals surface area contributed by atoms with Crippen LogP contribution in [-0.2, 0) is 33.2 Å². The van der Waals surface area contributed by atoms with Gasteiger partial charge in [0, 0.05) is 25.2 Å². The Morgan fingerprint density at radius 2 is 1.23 bits per heavy atom. The van der Waals surface area contributed by atoms with Crippen molar-refractivity contribution >= 4 is 11.9 Å². The summed E-state index contributed by atoms with van der Waals surface area (Å²) in [5.74, 6) is -0.683. The topological polar surface area (TPSA) is 441 Å². The van der Waals surface area contributed by atoms with E-state index in [1.165, 1.54) is 0 Å². The molecular weight excluding hydrogens is 714 g/mol. The molecule has 0 aromatic rings. The molecule has 2 unspecified atom stereocenters. The van der Waals surface area contributed by atoms with E-state index in [2.05, 4.69) is 10.3 Å². The number of aliphatic imine (C=N–C) groups is 1.